The molecular weight excluding hydrogens is 440 g/mol. The minimum Gasteiger partial charge on any atom is -0.545 e. The number of thioether (sulfide) groups is 1. The van der Waals surface area contributed by atoms with Crippen LogP contribution in [0, 0.1) is 0 Å². The van der Waals surface area contributed by atoms with Crippen LogP contribution in [0.4, 0.5) is 14.5 Å². The Bertz CT molecular complexity index is 1010. The molecule has 3 rings (SSSR count). The highest BCUT2D eigenvalue weighted by Crippen LogP contribution is 2.39. The molecule has 0 aliphatic carbocycles. The first kappa shape index (κ1) is 21.7. The third kappa shape index (κ3) is 4.75. The first-order valence-corrected chi connectivity index (χ1v) is 9.41. The normalized spacial score (nSPS) is 17.6. The van der Waals surface area contributed by atoms with Crippen LogP contribution in [0.2, 0.25) is 0 Å². The van der Waals surface area contributed by atoms with Crippen LogP contribution in [-0.4, -0.2) is 34.2 Å². The lowest BCUT2D eigenvalue weighted by Crippen LogP contribution is -2.33. The summed E-state index contributed by atoms with van der Waals surface area (Å²) in [6, 6.07) is 8.77. The highest BCUT2D eigenvalue weighted by atomic mass is 32.2. The van der Waals surface area contributed by atoms with Gasteiger partial charge in [-0.1, -0.05) is 36.1 Å². The van der Waals surface area contributed by atoms with E-state index in [9.17, 15) is 33.7 Å². The number of carbonyl (C=O) groups is 2. The fourth-order valence-electron chi connectivity index (χ4n) is 2.68. The number of nitrogens with zero attached hydrogens (tertiary/aromatic N) is 1. The van der Waals surface area contributed by atoms with E-state index < -0.39 is 35.9 Å². The van der Waals surface area contributed by atoms with Crippen molar-refractivity contribution in [2.24, 2.45) is 0 Å². The predicted molar refractivity (Wildman–Crippen MR) is 105 cm³/mol. The molecule has 1 heterocycles. The van der Waals surface area contributed by atoms with Crippen molar-refractivity contribution in [3.05, 3.63) is 64.1 Å². The number of aliphatic hydroxyl groups excluding tert-OH is 1. The molecule has 1 fully saturated rings. The van der Waals surface area contributed by atoms with Crippen LogP contribution in [0.25, 0.3) is 6.08 Å². The Balaban J connectivity index is 1.91. The Kier molecular flexibility index (Phi) is 6.34. The van der Waals surface area contributed by atoms with Gasteiger partial charge in [0.2, 0.25) is 0 Å². The number of hydrogen-bond acceptors (Lipinski definition) is 8. The van der Waals surface area contributed by atoms with Crippen molar-refractivity contribution in [3.8, 4) is 5.75 Å². The van der Waals surface area contributed by atoms with E-state index in [0.29, 0.717) is 10.5 Å². The molecule has 0 aromatic heterocycles. The van der Waals surface area contributed by atoms with E-state index in [4.69, 9.17) is 12.2 Å². The Labute approximate surface area is 178 Å². The van der Waals surface area contributed by atoms with Gasteiger partial charge in [0, 0.05) is 10.6 Å². The van der Waals surface area contributed by atoms with Gasteiger partial charge >= 0.3 is 6.61 Å². The summed E-state index contributed by atoms with van der Waals surface area (Å²) < 4.78 is 28.9. The van der Waals surface area contributed by atoms with E-state index in [2.05, 4.69) is 4.74 Å². The second kappa shape index (κ2) is 8.78. The van der Waals surface area contributed by atoms with E-state index in [0.717, 1.165) is 30.0 Å². The molecule has 1 aliphatic heterocycles. The summed E-state index contributed by atoms with van der Waals surface area (Å²) in [6.07, 6.45) is 0.224. The quantitative estimate of drug-likeness (QED) is 0.648. The molecule has 30 heavy (non-hydrogen) atoms. The van der Waals surface area contributed by atoms with Crippen LogP contribution < -0.4 is 19.8 Å². The monoisotopic (exact) mass is 451 g/mol. The summed E-state index contributed by atoms with van der Waals surface area (Å²) in [5.41, 5.74) is -0.246. The Morgan fingerprint density at radius 1 is 1.13 bits per heavy atom. The fraction of sp³-hybridized carbons (Fsp3) is 0.105. The maximum atomic E-state index is 12.2. The van der Waals surface area contributed by atoms with Crippen LogP contribution in [-0.2, 0) is 0 Å². The van der Waals surface area contributed by atoms with Crippen LogP contribution >= 0.6 is 24.0 Å². The Morgan fingerprint density at radius 3 is 2.20 bits per heavy atom. The van der Waals surface area contributed by atoms with E-state index >= 15 is 0 Å². The lowest BCUT2D eigenvalue weighted by Gasteiger charge is -2.23. The van der Waals surface area contributed by atoms with Gasteiger partial charge in [0.15, 0.2) is 6.23 Å². The number of carboxylic acids is 2. The molecule has 0 radical (unpaired) electrons. The molecule has 0 unspecified atom stereocenters. The highest BCUT2D eigenvalue weighted by molar-refractivity contribution is 8.26. The second-order valence-electron chi connectivity index (χ2n) is 5.95. The SMILES string of the molecule is O=C([O-])c1cc(C(=O)[O-])cc(N2C(=S)S/C(=C/c3ccc(OC(F)F)cc3)[C@H]2O)c1. The number of halogens is 2. The van der Waals surface area contributed by atoms with Crippen molar-refractivity contribution in [2.45, 2.75) is 12.8 Å². The van der Waals surface area contributed by atoms with Gasteiger partial charge in [0.25, 0.3) is 0 Å². The molecule has 0 bridgehead atoms. The summed E-state index contributed by atoms with van der Waals surface area (Å²) in [6.45, 7) is -2.95. The molecule has 1 atom stereocenters. The zero-order valence-electron chi connectivity index (χ0n) is 14.8. The largest absolute Gasteiger partial charge is 0.545 e. The zero-order valence-corrected chi connectivity index (χ0v) is 16.4. The number of benzene rings is 2. The zero-order chi connectivity index (χ0) is 22.0. The maximum Gasteiger partial charge on any atom is 0.387 e. The molecule has 2 aromatic carbocycles. The average Bonchev–Trinajstić information content (AvgIpc) is 2.95. The smallest absolute Gasteiger partial charge is 0.387 e. The molecule has 0 saturated carbocycles. The van der Waals surface area contributed by atoms with Crippen molar-refractivity contribution >= 4 is 52.0 Å². The summed E-state index contributed by atoms with van der Waals surface area (Å²) in [4.78, 5) is 23.9. The van der Waals surface area contributed by atoms with E-state index in [-0.39, 0.29) is 15.8 Å². The highest BCUT2D eigenvalue weighted by Gasteiger charge is 2.33. The fourth-order valence-corrected chi connectivity index (χ4v) is 4.08. The van der Waals surface area contributed by atoms with E-state index in [1.54, 1.807) is 6.08 Å². The van der Waals surface area contributed by atoms with Gasteiger partial charge in [-0.25, -0.2) is 0 Å². The number of anilines is 1. The van der Waals surface area contributed by atoms with Crippen LogP contribution in [0.1, 0.15) is 26.3 Å². The summed E-state index contributed by atoms with van der Waals surface area (Å²) in [5.74, 6) is -3.24. The van der Waals surface area contributed by atoms with Crippen LogP contribution in [0.5, 0.6) is 5.75 Å². The molecule has 156 valence electrons. The number of carboxylic acid groups (broad SMARTS) is 2. The summed E-state index contributed by atoms with van der Waals surface area (Å²) in [7, 11) is 0. The van der Waals surface area contributed by atoms with Gasteiger partial charge in [-0.2, -0.15) is 8.78 Å². The minimum atomic E-state index is -2.95. The third-order valence-corrected chi connectivity index (χ3v) is 5.36. The molecule has 11 heteroatoms. The maximum absolute atomic E-state index is 12.2. The van der Waals surface area contributed by atoms with Gasteiger partial charge in [-0.05, 0) is 53.1 Å². The number of rotatable bonds is 6. The van der Waals surface area contributed by atoms with Crippen LogP contribution in [0.3, 0.4) is 0 Å². The van der Waals surface area contributed by atoms with Gasteiger partial charge in [-0.15, -0.1) is 0 Å². The Hall–Kier alpha value is -3.02. The van der Waals surface area contributed by atoms with Crippen molar-refractivity contribution in [1.29, 1.82) is 0 Å². The molecule has 0 amide bonds. The minimum absolute atomic E-state index is 0.0298. The first-order valence-electron chi connectivity index (χ1n) is 8.19. The second-order valence-corrected chi connectivity index (χ2v) is 7.66. The van der Waals surface area contributed by atoms with Crippen molar-refractivity contribution in [3.63, 3.8) is 0 Å². The standard InChI is InChI=1S/C19H13F2NO6S2/c20-18(21)28-13-3-1-9(2-4-13)5-14-15(23)22(19(29)30-14)12-7-10(16(24)25)6-11(8-12)17(26)27/h1-8,15,18,23H,(H,24,25)(H,26,27)/p-2/b14-5+/t15-/m1/s1. The third-order valence-electron chi connectivity index (χ3n) is 3.98. The number of aromatic carboxylic acids is 2. The van der Waals surface area contributed by atoms with E-state index in [1.165, 1.54) is 29.2 Å². The van der Waals surface area contributed by atoms with Gasteiger partial charge < -0.3 is 29.6 Å². The number of carbonyl (C=O) groups excluding carboxylic acids is 2. The number of ether oxygens (including phenoxy) is 1. The van der Waals surface area contributed by atoms with Gasteiger partial charge in [0.05, 0.1) is 11.9 Å². The Morgan fingerprint density at radius 2 is 1.70 bits per heavy atom. The molecule has 1 N–H and O–H groups in total. The summed E-state index contributed by atoms with van der Waals surface area (Å²) in [5, 5.41) is 33.1. The number of alkyl halides is 2. The van der Waals surface area contributed by atoms with Crippen LogP contribution in [0.15, 0.2) is 47.4 Å². The lowest BCUT2D eigenvalue weighted by molar-refractivity contribution is -0.255. The number of thiocarbonyl (C=S) groups is 1. The van der Waals surface area contributed by atoms with Gasteiger partial charge in [-0.3, -0.25) is 4.90 Å². The molecular formula is C19H11F2NO6S2-2. The molecule has 0 spiro atoms. The van der Waals surface area contributed by atoms with Crippen molar-refractivity contribution < 1.29 is 38.4 Å². The lowest BCUT2D eigenvalue weighted by atomic mass is 10.1. The van der Waals surface area contributed by atoms with Gasteiger partial charge in [0.1, 0.15) is 10.1 Å². The molecule has 2 aromatic rings. The molecule has 1 aliphatic rings. The van der Waals surface area contributed by atoms with Crippen molar-refractivity contribution in [2.75, 3.05) is 4.90 Å². The summed E-state index contributed by atoms with van der Waals surface area (Å²) >= 11 is 6.24. The average molecular weight is 451 g/mol. The van der Waals surface area contributed by atoms with E-state index in [1.807, 2.05) is 0 Å². The van der Waals surface area contributed by atoms with Crippen molar-refractivity contribution in [1.82, 2.24) is 0 Å². The molecule has 7 nitrogen and oxygen atoms in total. The predicted octanol–water partition coefficient (Wildman–Crippen LogP) is 1.21. The number of hydrogen-bond donors (Lipinski definition) is 1. The molecule has 1 saturated heterocycles. The number of aliphatic hydroxyl groups is 1. The topological polar surface area (TPSA) is 113 Å². The first-order chi connectivity index (χ1) is 14.2.